The minimum absolute atomic E-state index is 0.0364. The fourth-order valence-corrected chi connectivity index (χ4v) is 12.3. The Kier molecular flexibility index (Phi) is 23.1. The number of thiazole rings is 1. The summed E-state index contributed by atoms with van der Waals surface area (Å²) in [7, 11) is -1.74. The molecule has 19 heteroatoms. The number of anilines is 2. The highest BCUT2D eigenvalue weighted by molar-refractivity contribution is 7.92. The zero-order valence-corrected chi connectivity index (χ0v) is 50.1. The monoisotopic (exact) mass is 1150 g/mol. The van der Waals surface area contributed by atoms with Gasteiger partial charge < -0.3 is 20.1 Å². The number of ketones is 2. The molecule has 4 heterocycles. The first-order valence-corrected chi connectivity index (χ1v) is 31.2. The quantitative estimate of drug-likeness (QED) is 0.0180. The average Bonchev–Trinajstić information content (AvgIpc) is 4.45. The minimum Gasteiger partial charge on any atom is -0.478 e. The topological polar surface area (TPSA) is 237 Å². The number of unbranched alkanes of at least 4 members (excludes halogenated alkanes) is 14. The zero-order chi connectivity index (χ0) is 58.9. The highest BCUT2D eigenvalue weighted by Gasteiger charge is 2.38. The molecule has 0 saturated carbocycles. The number of Topliss-reactive ketones (excluding diaryl/α,β-unsaturated/α-hetero) is 2. The number of benzene rings is 3. The first kappa shape index (κ1) is 63.2. The molecular formula is C62H82N8O9S2. The maximum absolute atomic E-state index is 13.9. The van der Waals surface area contributed by atoms with Crippen molar-refractivity contribution in [2.45, 2.75) is 176 Å². The molecule has 17 nitrogen and oxygen atoms in total. The van der Waals surface area contributed by atoms with Gasteiger partial charge in [0.1, 0.15) is 16.1 Å². The molecule has 0 aliphatic heterocycles. The number of sulfonamides is 1. The van der Waals surface area contributed by atoms with E-state index in [1.54, 1.807) is 45.0 Å². The predicted molar refractivity (Wildman–Crippen MR) is 322 cm³/mol. The van der Waals surface area contributed by atoms with Gasteiger partial charge in [-0.15, -0.1) is 11.3 Å². The molecule has 0 spiro atoms. The maximum Gasteiger partial charge on any atom is 0.339 e. The summed E-state index contributed by atoms with van der Waals surface area (Å²) < 4.78 is 34.1. The number of para-hydroxylation sites is 2. The lowest BCUT2D eigenvalue weighted by Crippen LogP contribution is -2.33. The molecule has 0 aliphatic rings. The zero-order valence-electron chi connectivity index (χ0n) is 48.4. The molecule has 4 N–H and O–H groups in total. The average molecular weight is 1150 g/mol. The molecule has 4 aromatic heterocycles. The van der Waals surface area contributed by atoms with Gasteiger partial charge >= 0.3 is 11.9 Å². The van der Waals surface area contributed by atoms with Gasteiger partial charge in [-0.05, 0) is 68.5 Å². The molecule has 2 atom stereocenters. The maximum atomic E-state index is 13.9. The molecule has 0 fully saturated rings. The number of hydrogen-bond donors (Lipinski definition) is 4. The molecule has 2 unspecified atom stereocenters. The van der Waals surface area contributed by atoms with E-state index in [1.807, 2.05) is 67.9 Å². The lowest BCUT2D eigenvalue weighted by atomic mass is 9.86. The van der Waals surface area contributed by atoms with Crippen molar-refractivity contribution in [3.05, 3.63) is 124 Å². The Morgan fingerprint density at radius 1 is 0.728 bits per heavy atom. The van der Waals surface area contributed by atoms with Crippen LogP contribution in [0.15, 0.2) is 85.3 Å². The van der Waals surface area contributed by atoms with E-state index >= 15 is 0 Å². The lowest BCUT2D eigenvalue weighted by molar-refractivity contribution is -0.128. The second kappa shape index (κ2) is 29.6. The number of nitrogens with zero attached hydrogens (tertiary/aromatic N) is 6. The Hall–Kier alpha value is -6.99. The number of carboxylic acids is 2. The van der Waals surface area contributed by atoms with E-state index < -0.39 is 51.2 Å². The first-order valence-electron chi connectivity index (χ1n) is 28.7. The van der Waals surface area contributed by atoms with E-state index in [-0.39, 0.29) is 22.7 Å². The number of aryl methyl sites for hydroxylation is 2. The first-order chi connectivity index (χ1) is 38.7. The highest BCUT2D eigenvalue weighted by Crippen LogP contribution is 2.38. The predicted octanol–water partition coefficient (Wildman–Crippen LogP) is 14.0. The number of aromatic carboxylic acids is 2. The van der Waals surface area contributed by atoms with Crippen LogP contribution in [0.1, 0.15) is 209 Å². The Balaban J connectivity index is 0.000000270. The number of carboxylic acid groups (broad SMARTS) is 2. The van der Waals surface area contributed by atoms with Gasteiger partial charge in [0.2, 0.25) is 10.0 Å². The van der Waals surface area contributed by atoms with Crippen molar-refractivity contribution in [3.8, 4) is 0 Å². The fourth-order valence-electron chi connectivity index (χ4n) is 10.0. The van der Waals surface area contributed by atoms with Crippen LogP contribution in [-0.2, 0) is 39.5 Å². The highest BCUT2D eigenvalue weighted by atomic mass is 32.2. The van der Waals surface area contributed by atoms with Crippen LogP contribution in [0.25, 0.3) is 21.1 Å². The van der Waals surface area contributed by atoms with Crippen LogP contribution in [0.2, 0.25) is 0 Å². The number of fused-ring (bicyclic) bond motifs is 2. The summed E-state index contributed by atoms with van der Waals surface area (Å²) in [6.07, 6.45) is 24.0. The summed E-state index contributed by atoms with van der Waals surface area (Å²) in [6, 6.07) is 17.9. The summed E-state index contributed by atoms with van der Waals surface area (Å²) >= 11 is 1.29. The summed E-state index contributed by atoms with van der Waals surface area (Å²) in [5.74, 6) is -3.48. The van der Waals surface area contributed by atoms with Gasteiger partial charge in [-0.25, -0.2) is 23.0 Å². The van der Waals surface area contributed by atoms with Crippen molar-refractivity contribution >= 4 is 83.3 Å². The van der Waals surface area contributed by atoms with Gasteiger partial charge in [-0.2, -0.15) is 10.2 Å². The molecule has 0 saturated heterocycles. The van der Waals surface area contributed by atoms with Crippen molar-refractivity contribution < 1.29 is 42.6 Å². The largest absolute Gasteiger partial charge is 0.478 e. The minimum atomic E-state index is -3.60. The van der Waals surface area contributed by atoms with Crippen molar-refractivity contribution in [2.75, 3.05) is 15.8 Å². The van der Waals surface area contributed by atoms with Crippen molar-refractivity contribution in [3.63, 3.8) is 0 Å². The molecule has 7 aromatic rings. The van der Waals surface area contributed by atoms with E-state index in [2.05, 4.69) is 34.1 Å². The number of aromatic nitrogens is 6. The summed E-state index contributed by atoms with van der Waals surface area (Å²) in [4.78, 5) is 69.2. The number of hydrogen-bond acceptors (Lipinski definition) is 11. The molecule has 81 heavy (non-hydrogen) atoms. The third kappa shape index (κ3) is 16.8. The molecule has 0 radical (unpaired) electrons. The van der Waals surface area contributed by atoms with E-state index in [4.69, 9.17) is 4.98 Å². The summed E-state index contributed by atoms with van der Waals surface area (Å²) in [6.45, 7) is 13.4. The second-order valence-electron chi connectivity index (χ2n) is 22.0. The Morgan fingerprint density at radius 2 is 1.35 bits per heavy atom. The van der Waals surface area contributed by atoms with Gasteiger partial charge in [0.25, 0.3) is 5.91 Å². The van der Waals surface area contributed by atoms with Crippen LogP contribution in [0.5, 0.6) is 0 Å². The molecule has 0 aliphatic carbocycles. The van der Waals surface area contributed by atoms with Gasteiger partial charge in [0, 0.05) is 46.5 Å². The van der Waals surface area contributed by atoms with E-state index in [0.717, 1.165) is 65.0 Å². The van der Waals surface area contributed by atoms with Crippen LogP contribution in [0, 0.1) is 12.3 Å². The van der Waals surface area contributed by atoms with Crippen LogP contribution in [-0.4, -0.2) is 82.9 Å². The molecule has 3 aromatic carbocycles. The van der Waals surface area contributed by atoms with Gasteiger partial charge in [0.05, 0.1) is 39.8 Å². The molecule has 7 rings (SSSR count). The SMILES string of the molecule is CCCCCCCCCCCCCCCCS(=O)(=O)Nc1cccc2sc(C(C(=O)C(C)(C)C)n3ncc(C(=O)O)c3CC)nc12.CCCCc1ccc(NC(=O)C(C(=O)c2c(C)n(C)c3ccccc23)n2cc(C(=O)O)cn2)cc1. The smallest absolute Gasteiger partial charge is 0.339 e. The molecular weight excluding hydrogens is 1060 g/mol. The fraction of sp³-hybridized carbons (Fsp3) is 0.484. The van der Waals surface area contributed by atoms with E-state index in [9.17, 15) is 42.6 Å². The normalized spacial score (nSPS) is 12.5. The van der Waals surface area contributed by atoms with Crippen molar-refractivity contribution in [2.24, 2.45) is 12.5 Å². The van der Waals surface area contributed by atoms with Crippen LogP contribution >= 0.6 is 11.3 Å². The number of rotatable bonds is 31. The van der Waals surface area contributed by atoms with Crippen LogP contribution in [0.3, 0.4) is 0 Å². The number of amides is 1. The Bertz CT molecular complexity index is 3370. The lowest BCUT2D eigenvalue weighted by Gasteiger charge is -2.25. The van der Waals surface area contributed by atoms with Crippen molar-refractivity contribution in [1.82, 2.24) is 29.1 Å². The summed E-state index contributed by atoms with van der Waals surface area (Å²) in [5.41, 5.74) is 4.14. The van der Waals surface area contributed by atoms with Crippen molar-refractivity contribution in [1.29, 1.82) is 0 Å². The molecule has 436 valence electrons. The molecule has 0 bridgehead atoms. The number of carbonyl (C=O) groups excluding carboxylic acids is 3. The number of nitrogens with one attached hydrogen (secondary N) is 2. The van der Waals surface area contributed by atoms with Gasteiger partial charge in [-0.1, -0.05) is 168 Å². The Labute approximate surface area is 481 Å². The van der Waals surface area contributed by atoms with Crippen LogP contribution < -0.4 is 10.0 Å². The van der Waals surface area contributed by atoms with E-state index in [1.165, 1.54) is 98.2 Å². The molecule has 1 amide bonds. The third-order valence-electron chi connectivity index (χ3n) is 14.7. The second-order valence-corrected chi connectivity index (χ2v) is 24.9. The van der Waals surface area contributed by atoms with Gasteiger partial charge in [0.15, 0.2) is 23.7 Å². The van der Waals surface area contributed by atoms with Crippen LogP contribution in [0.4, 0.5) is 11.4 Å². The standard InChI is InChI=1S/C35H54N4O5S2.C27H28N4O4/c1-6-8-9-10-11-12-13-14-15-16-17-18-19-20-24-46(43,44)38-27-22-21-23-29-30(27)37-33(45-29)31(32(40)35(3,4)5)39-28(7-2)26(25-36-39)34(41)42;1-4-5-8-18-11-13-20(14-12-18)29-26(33)24(31-16-19(15-28-31)27(34)35)25(32)23-17(2)30(3)22-10-7-6-9-21(22)23/h21-23,25,31,38H,6-20,24H2,1-5H3,(H,41,42);6-7,9-16,24H,4-5,8H2,1-3H3,(H,29,33)(H,34,35). The summed E-state index contributed by atoms with van der Waals surface area (Å²) in [5, 5.41) is 31.4. The van der Waals surface area contributed by atoms with Gasteiger partial charge in [-0.3, -0.25) is 28.5 Å². The van der Waals surface area contributed by atoms with E-state index in [0.29, 0.717) is 51.7 Å². The number of carbonyl (C=O) groups is 5. The Morgan fingerprint density at radius 3 is 1.93 bits per heavy atom. The third-order valence-corrected chi connectivity index (χ3v) is 17.1.